The summed E-state index contributed by atoms with van der Waals surface area (Å²) in [5.74, 6) is 0.657. The van der Waals surface area contributed by atoms with Gasteiger partial charge in [0.15, 0.2) is 0 Å². The van der Waals surface area contributed by atoms with Crippen LogP contribution in [0.4, 0.5) is 11.8 Å². The Kier molecular flexibility index (Phi) is 5.85. The molecule has 24 heavy (non-hydrogen) atoms. The number of hydrogen-bond acceptors (Lipinski definition) is 6. The fraction of sp³-hybridized carbons (Fsp3) is 0.706. The molecule has 0 bridgehead atoms. The summed E-state index contributed by atoms with van der Waals surface area (Å²) >= 11 is 0. The molecule has 0 saturated carbocycles. The first-order chi connectivity index (χ1) is 11.7. The molecular formula is C17H27N5O2. The Morgan fingerprint density at radius 1 is 1.33 bits per heavy atom. The van der Waals surface area contributed by atoms with Crippen LogP contribution >= 0.6 is 0 Å². The molecule has 3 heterocycles. The molecule has 0 amide bonds. The number of nitrogens with zero attached hydrogens (tertiary/aromatic N) is 3. The van der Waals surface area contributed by atoms with Crippen molar-refractivity contribution in [3.8, 4) is 0 Å². The number of carboxylic acid groups (broad SMARTS) is 1. The molecule has 1 aromatic heterocycles. The first-order valence-electron chi connectivity index (χ1n) is 9.02. The average molecular weight is 333 g/mol. The molecule has 1 aromatic rings. The van der Waals surface area contributed by atoms with E-state index in [1.165, 1.54) is 25.7 Å². The molecule has 3 rings (SSSR count). The zero-order valence-corrected chi connectivity index (χ0v) is 14.1. The van der Waals surface area contributed by atoms with Crippen LogP contribution in [0.1, 0.15) is 44.9 Å². The van der Waals surface area contributed by atoms with Crippen LogP contribution in [0.2, 0.25) is 0 Å². The maximum Gasteiger partial charge on any atom is 0.305 e. The van der Waals surface area contributed by atoms with Gasteiger partial charge in [0, 0.05) is 25.3 Å². The lowest BCUT2D eigenvalue weighted by Gasteiger charge is -2.25. The molecule has 0 spiro atoms. The fourth-order valence-electron chi connectivity index (χ4n) is 3.60. The van der Waals surface area contributed by atoms with Crippen LogP contribution in [0.25, 0.3) is 0 Å². The van der Waals surface area contributed by atoms with E-state index in [9.17, 15) is 9.90 Å². The SMILES string of the molecule is O=C(O)CC(Nc1nccc(N2CCCCCC2)n1)C1CCCN1. The predicted molar refractivity (Wildman–Crippen MR) is 93.4 cm³/mol. The minimum absolute atomic E-state index is 0.0645. The average Bonchev–Trinajstić information content (AvgIpc) is 2.97. The summed E-state index contributed by atoms with van der Waals surface area (Å²) in [5, 5.41) is 15.8. The lowest BCUT2D eigenvalue weighted by molar-refractivity contribution is -0.137. The summed E-state index contributed by atoms with van der Waals surface area (Å²) in [7, 11) is 0. The summed E-state index contributed by atoms with van der Waals surface area (Å²) in [6.45, 7) is 3.00. The van der Waals surface area contributed by atoms with Crippen LogP contribution in [0.3, 0.4) is 0 Å². The van der Waals surface area contributed by atoms with Gasteiger partial charge >= 0.3 is 5.97 Å². The third-order valence-electron chi connectivity index (χ3n) is 4.86. The molecule has 2 aliphatic rings. The highest BCUT2D eigenvalue weighted by Crippen LogP contribution is 2.20. The van der Waals surface area contributed by atoms with Crippen molar-refractivity contribution in [1.82, 2.24) is 15.3 Å². The molecule has 0 aliphatic carbocycles. The van der Waals surface area contributed by atoms with E-state index in [1.807, 2.05) is 6.07 Å². The number of carboxylic acids is 1. The van der Waals surface area contributed by atoms with Gasteiger partial charge in [-0.2, -0.15) is 4.98 Å². The minimum Gasteiger partial charge on any atom is -0.481 e. The van der Waals surface area contributed by atoms with Gasteiger partial charge in [0.25, 0.3) is 0 Å². The van der Waals surface area contributed by atoms with Crippen molar-refractivity contribution in [2.75, 3.05) is 29.9 Å². The maximum absolute atomic E-state index is 11.2. The summed E-state index contributed by atoms with van der Waals surface area (Å²) < 4.78 is 0. The minimum atomic E-state index is -0.801. The Hall–Kier alpha value is -1.89. The van der Waals surface area contributed by atoms with Gasteiger partial charge in [-0.3, -0.25) is 4.79 Å². The van der Waals surface area contributed by atoms with Gasteiger partial charge in [-0.1, -0.05) is 12.8 Å². The highest BCUT2D eigenvalue weighted by Gasteiger charge is 2.27. The maximum atomic E-state index is 11.2. The Labute approximate surface area is 142 Å². The highest BCUT2D eigenvalue weighted by atomic mass is 16.4. The summed E-state index contributed by atoms with van der Waals surface area (Å²) in [5.41, 5.74) is 0. The largest absolute Gasteiger partial charge is 0.481 e. The van der Waals surface area contributed by atoms with Crippen molar-refractivity contribution < 1.29 is 9.90 Å². The van der Waals surface area contributed by atoms with Gasteiger partial charge < -0.3 is 20.6 Å². The van der Waals surface area contributed by atoms with E-state index in [0.717, 1.165) is 38.3 Å². The van der Waals surface area contributed by atoms with Gasteiger partial charge in [0.05, 0.1) is 12.5 Å². The van der Waals surface area contributed by atoms with E-state index in [4.69, 9.17) is 0 Å². The van der Waals surface area contributed by atoms with Crippen LogP contribution in [-0.2, 0) is 4.79 Å². The number of hydrogen-bond donors (Lipinski definition) is 3. The highest BCUT2D eigenvalue weighted by molar-refractivity contribution is 5.68. The third kappa shape index (κ3) is 4.56. The second kappa shape index (κ2) is 8.28. The van der Waals surface area contributed by atoms with Crippen molar-refractivity contribution in [1.29, 1.82) is 0 Å². The fourth-order valence-corrected chi connectivity index (χ4v) is 3.60. The summed E-state index contributed by atoms with van der Waals surface area (Å²) in [6, 6.07) is 1.91. The van der Waals surface area contributed by atoms with E-state index >= 15 is 0 Å². The molecule has 2 unspecified atom stereocenters. The predicted octanol–water partition coefficient (Wildman–Crippen LogP) is 1.86. The first-order valence-corrected chi connectivity index (χ1v) is 9.02. The van der Waals surface area contributed by atoms with E-state index in [0.29, 0.717) is 5.95 Å². The van der Waals surface area contributed by atoms with E-state index in [2.05, 4.69) is 25.5 Å². The standard InChI is InChI=1S/C17H27N5O2/c23-16(24)12-14(13-6-5-8-18-13)20-17-19-9-7-15(21-17)22-10-3-1-2-4-11-22/h7,9,13-14,18H,1-6,8,10-12H2,(H,23,24)(H,19,20,21). The number of aliphatic carboxylic acids is 1. The van der Waals surface area contributed by atoms with Gasteiger partial charge in [0.2, 0.25) is 5.95 Å². The molecule has 2 aliphatic heterocycles. The normalized spacial score (nSPS) is 22.8. The van der Waals surface area contributed by atoms with E-state index < -0.39 is 5.97 Å². The number of nitrogens with one attached hydrogen (secondary N) is 2. The van der Waals surface area contributed by atoms with Crippen molar-refractivity contribution in [2.24, 2.45) is 0 Å². The molecular weight excluding hydrogens is 306 g/mol. The van der Waals surface area contributed by atoms with Crippen molar-refractivity contribution >= 4 is 17.7 Å². The summed E-state index contributed by atoms with van der Waals surface area (Å²) in [6.07, 6.45) is 8.83. The molecule has 2 atom stereocenters. The number of anilines is 2. The van der Waals surface area contributed by atoms with Crippen molar-refractivity contribution in [3.63, 3.8) is 0 Å². The van der Waals surface area contributed by atoms with Crippen molar-refractivity contribution in [2.45, 2.75) is 57.0 Å². The van der Waals surface area contributed by atoms with Crippen LogP contribution in [0.15, 0.2) is 12.3 Å². The monoisotopic (exact) mass is 333 g/mol. The molecule has 7 nitrogen and oxygen atoms in total. The van der Waals surface area contributed by atoms with Crippen LogP contribution in [0, 0.1) is 0 Å². The summed E-state index contributed by atoms with van der Waals surface area (Å²) in [4.78, 5) is 22.4. The van der Waals surface area contributed by atoms with Crippen LogP contribution in [-0.4, -0.2) is 52.8 Å². The molecule has 0 aromatic carbocycles. The lowest BCUT2D eigenvalue weighted by atomic mass is 10.0. The number of rotatable bonds is 6. The molecule has 132 valence electrons. The van der Waals surface area contributed by atoms with E-state index in [-0.39, 0.29) is 18.5 Å². The van der Waals surface area contributed by atoms with E-state index in [1.54, 1.807) is 6.20 Å². The molecule has 3 N–H and O–H groups in total. The van der Waals surface area contributed by atoms with Gasteiger partial charge in [-0.05, 0) is 38.3 Å². The topological polar surface area (TPSA) is 90.4 Å². The van der Waals surface area contributed by atoms with Crippen LogP contribution in [0.5, 0.6) is 0 Å². The molecule has 0 radical (unpaired) electrons. The molecule has 7 heteroatoms. The Balaban J connectivity index is 1.70. The zero-order chi connectivity index (χ0) is 16.8. The van der Waals surface area contributed by atoms with Crippen LogP contribution < -0.4 is 15.5 Å². The second-order valence-electron chi connectivity index (χ2n) is 6.69. The Morgan fingerprint density at radius 3 is 2.79 bits per heavy atom. The number of aromatic nitrogens is 2. The second-order valence-corrected chi connectivity index (χ2v) is 6.69. The Bertz CT molecular complexity index is 540. The van der Waals surface area contributed by atoms with Gasteiger partial charge in [0.1, 0.15) is 5.82 Å². The molecule has 2 saturated heterocycles. The molecule has 2 fully saturated rings. The van der Waals surface area contributed by atoms with Gasteiger partial charge in [-0.25, -0.2) is 4.98 Å². The quantitative estimate of drug-likeness (QED) is 0.732. The Morgan fingerprint density at radius 2 is 2.12 bits per heavy atom. The first kappa shape index (κ1) is 17.0. The smallest absolute Gasteiger partial charge is 0.305 e. The van der Waals surface area contributed by atoms with Gasteiger partial charge in [-0.15, -0.1) is 0 Å². The lowest BCUT2D eigenvalue weighted by Crippen LogP contribution is -2.42. The number of carbonyl (C=O) groups is 1. The van der Waals surface area contributed by atoms with Crippen molar-refractivity contribution in [3.05, 3.63) is 12.3 Å². The zero-order valence-electron chi connectivity index (χ0n) is 14.1. The third-order valence-corrected chi connectivity index (χ3v) is 4.86.